The number of carbonyl (C=O) groups is 1. The molecule has 0 fully saturated rings. The topological polar surface area (TPSA) is 74.6 Å². The van der Waals surface area contributed by atoms with Gasteiger partial charge in [0.2, 0.25) is 0 Å². The van der Waals surface area contributed by atoms with Crippen LogP contribution in [-0.2, 0) is 0 Å². The van der Waals surface area contributed by atoms with Crippen LogP contribution in [-0.4, -0.2) is 51.2 Å². The lowest BCUT2D eigenvalue weighted by molar-refractivity contribution is -0.164. The van der Waals surface area contributed by atoms with Crippen molar-refractivity contribution in [1.82, 2.24) is 30.1 Å². The van der Waals surface area contributed by atoms with Crippen molar-refractivity contribution in [2.45, 2.75) is 38.8 Å². The summed E-state index contributed by atoms with van der Waals surface area (Å²) in [5.41, 5.74) is 1.88. The molecular formula is C25H29F3N6O. The van der Waals surface area contributed by atoms with Gasteiger partial charge in [-0.25, -0.2) is 9.50 Å². The number of rotatable bonds is 8. The molecule has 0 saturated heterocycles. The van der Waals surface area contributed by atoms with Gasteiger partial charge in [0.25, 0.3) is 5.91 Å². The fourth-order valence-electron chi connectivity index (χ4n) is 4.33. The Balaban J connectivity index is 1.54. The Morgan fingerprint density at radius 3 is 2.57 bits per heavy atom. The molecule has 0 bridgehead atoms. The van der Waals surface area contributed by atoms with Gasteiger partial charge in [0.05, 0.1) is 24.4 Å². The van der Waals surface area contributed by atoms with Crippen molar-refractivity contribution >= 4 is 11.6 Å². The number of hydrogen-bond acceptors (Lipinski definition) is 5. The van der Waals surface area contributed by atoms with Crippen molar-refractivity contribution in [2.24, 2.45) is 5.92 Å². The van der Waals surface area contributed by atoms with Gasteiger partial charge in [-0.1, -0.05) is 38.2 Å². The Bertz CT molecular complexity index is 1190. The van der Waals surface area contributed by atoms with E-state index in [1.54, 1.807) is 12.1 Å². The lowest BCUT2D eigenvalue weighted by atomic mass is 9.85. The van der Waals surface area contributed by atoms with Gasteiger partial charge >= 0.3 is 6.18 Å². The minimum Gasteiger partial charge on any atom is -0.373 e. The molecular weight excluding hydrogens is 457 g/mol. The number of hydrogen-bond donors (Lipinski definition) is 2. The van der Waals surface area contributed by atoms with Crippen molar-refractivity contribution in [1.29, 1.82) is 0 Å². The van der Waals surface area contributed by atoms with Crippen LogP contribution in [0.25, 0.3) is 5.65 Å². The average Bonchev–Trinajstić information content (AvgIpc) is 3.27. The number of aromatic nitrogens is 3. The Morgan fingerprint density at radius 1 is 1.17 bits per heavy atom. The molecule has 10 heteroatoms. The van der Waals surface area contributed by atoms with Crippen LogP contribution in [0, 0.1) is 5.92 Å². The molecule has 3 heterocycles. The van der Waals surface area contributed by atoms with Crippen LogP contribution in [0.5, 0.6) is 0 Å². The highest BCUT2D eigenvalue weighted by Gasteiger charge is 2.44. The first-order valence-electron chi connectivity index (χ1n) is 11.8. The normalized spacial score (nSPS) is 19.8. The zero-order valence-corrected chi connectivity index (χ0v) is 19.7. The summed E-state index contributed by atoms with van der Waals surface area (Å²) >= 11 is 0. The molecule has 0 spiro atoms. The fourth-order valence-corrected chi connectivity index (χ4v) is 4.33. The van der Waals surface area contributed by atoms with E-state index in [1.165, 1.54) is 28.9 Å². The summed E-state index contributed by atoms with van der Waals surface area (Å²) in [7, 11) is 0. The van der Waals surface area contributed by atoms with Crippen molar-refractivity contribution < 1.29 is 18.0 Å². The summed E-state index contributed by atoms with van der Waals surface area (Å²) in [4.78, 5) is 19.5. The van der Waals surface area contributed by atoms with Crippen LogP contribution in [0.2, 0.25) is 0 Å². The first kappa shape index (κ1) is 24.6. The number of alkyl halides is 3. The van der Waals surface area contributed by atoms with Gasteiger partial charge in [-0.15, -0.1) is 0 Å². The summed E-state index contributed by atoms with van der Waals surface area (Å²) < 4.78 is 41.9. The van der Waals surface area contributed by atoms with Crippen molar-refractivity contribution in [3.05, 3.63) is 77.7 Å². The number of carbonyl (C=O) groups excluding carboxylic acids is 1. The molecule has 2 atom stereocenters. The highest BCUT2D eigenvalue weighted by molar-refractivity contribution is 5.94. The maximum absolute atomic E-state index is 13.5. The third-order valence-electron chi connectivity index (χ3n) is 6.01. The number of allylic oxidation sites excluding steroid dienone is 6. The number of dihydropyridines is 1. The van der Waals surface area contributed by atoms with Crippen LogP contribution < -0.4 is 10.6 Å². The van der Waals surface area contributed by atoms with E-state index in [2.05, 4.69) is 39.5 Å². The summed E-state index contributed by atoms with van der Waals surface area (Å²) in [5, 5.41) is 10.4. The molecule has 7 nitrogen and oxygen atoms in total. The SMILES string of the molecule is CCCN(CCC)C1=CC=C(NC(=O)c2cnc3ccc(C4C=CC=CC4C(F)(F)F)nn23)NC1. The lowest BCUT2D eigenvalue weighted by Crippen LogP contribution is -2.38. The maximum atomic E-state index is 13.5. The standard InChI is InChI=1S/C25H29F3N6O/c1-3-13-33(14-4-2)17-9-11-22(29-15-17)31-24(35)21-16-30-23-12-10-20(32-34(21)23)18-7-5-6-8-19(18)25(26,27)28/h5-12,16,18-19,29H,3-4,13-15H2,1-2H3,(H,31,35). The lowest BCUT2D eigenvalue weighted by Gasteiger charge is -2.29. The van der Waals surface area contributed by atoms with Gasteiger partial charge in [0.1, 0.15) is 5.82 Å². The van der Waals surface area contributed by atoms with Crippen LogP contribution >= 0.6 is 0 Å². The molecule has 2 aromatic rings. The molecule has 0 saturated carbocycles. The van der Waals surface area contributed by atoms with Crippen LogP contribution in [0.3, 0.4) is 0 Å². The number of nitrogens with one attached hydrogen (secondary N) is 2. The van der Waals surface area contributed by atoms with Gasteiger partial charge in [0, 0.05) is 24.7 Å². The van der Waals surface area contributed by atoms with E-state index < -0.39 is 23.9 Å². The third-order valence-corrected chi connectivity index (χ3v) is 6.01. The molecule has 2 aromatic heterocycles. The van der Waals surface area contributed by atoms with Crippen molar-refractivity contribution in [3.63, 3.8) is 0 Å². The molecule has 0 radical (unpaired) electrons. The first-order chi connectivity index (χ1) is 16.8. The Hall–Kier alpha value is -3.56. The second kappa shape index (κ2) is 10.4. The largest absolute Gasteiger partial charge is 0.396 e. The van der Waals surface area contributed by atoms with Gasteiger partial charge in [-0.2, -0.15) is 18.3 Å². The quantitative estimate of drug-likeness (QED) is 0.582. The zero-order chi connectivity index (χ0) is 25.0. The molecule has 4 rings (SSSR count). The molecule has 2 unspecified atom stereocenters. The van der Waals surface area contributed by atoms with E-state index in [1.807, 2.05) is 12.2 Å². The van der Waals surface area contributed by atoms with Crippen LogP contribution in [0.4, 0.5) is 13.2 Å². The van der Waals surface area contributed by atoms with E-state index in [9.17, 15) is 18.0 Å². The Morgan fingerprint density at radius 2 is 1.91 bits per heavy atom. The van der Waals surface area contributed by atoms with Gasteiger partial charge in [0.15, 0.2) is 11.3 Å². The second-order valence-corrected chi connectivity index (χ2v) is 8.57. The number of imidazole rings is 1. The second-order valence-electron chi connectivity index (χ2n) is 8.57. The Labute approximate surface area is 202 Å². The van der Waals surface area contributed by atoms with E-state index in [0.29, 0.717) is 18.0 Å². The van der Waals surface area contributed by atoms with Gasteiger partial charge in [-0.05, 0) is 37.1 Å². The molecule has 1 aliphatic carbocycles. The van der Waals surface area contributed by atoms with Crippen molar-refractivity contribution in [3.8, 4) is 0 Å². The molecule has 2 N–H and O–H groups in total. The van der Waals surface area contributed by atoms with E-state index in [-0.39, 0.29) is 11.4 Å². The molecule has 2 aliphatic rings. The van der Waals surface area contributed by atoms with E-state index in [0.717, 1.165) is 37.7 Å². The number of amides is 1. The predicted molar refractivity (Wildman–Crippen MR) is 127 cm³/mol. The highest BCUT2D eigenvalue weighted by atomic mass is 19.4. The molecule has 186 valence electrons. The number of halogens is 3. The minimum absolute atomic E-state index is 0.136. The van der Waals surface area contributed by atoms with Crippen molar-refractivity contribution in [2.75, 3.05) is 19.6 Å². The first-order valence-corrected chi connectivity index (χ1v) is 11.8. The number of nitrogens with zero attached hydrogens (tertiary/aromatic N) is 4. The molecule has 35 heavy (non-hydrogen) atoms. The average molecular weight is 487 g/mol. The summed E-state index contributed by atoms with van der Waals surface area (Å²) in [6.07, 6.45) is 8.42. The third kappa shape index (κ3) is 5.41. The minimum atomic E-state index is -4.41. The van der Waals surface area contributed by atoms with Crippen LogP contribution in [0.15, 0.2) is 66.3 Å². The predicted octanol–water partition coefficient (Wildman–Crippen LogP) is 4.30. The Kier molecular flexibility index (Phi) is 7.28. The van der Waals surface area contributed by atoms with E-state index in [4.69, 9.17) is 0 Å². The summed E-state index contributed by atoms with van der Waals surface area (Å²) in [6.45, 7) is 6.80. The zero-order valence-electron chi connectivity index (χ0n) is 19.7. The molecule has 0 aromatic carbocycles. The van der Waals surface area contributed by atoms with Gasteiger partial charge in [-0.3, -0.25) is 4.79 Å². The van der Waals surface area contributed by atoms with Crippen LogP contribution in [0.1, 0.15) is 48.8 Å². The smallest absolute Gasteiger partial charge is 0.373 e. The molecule has 1 aliphatic heterocycles. The fraction of sp³-hybridized carbons (Fsp3) is 0.400. The number of fused-ring (bicyclic) bond motifs is 1. The van der Waals surface area contributed by atoms with Gasteiger partial charge < -0.3 is 15.5 Å². The maximum Gasteiger partial charge on any atom is 0.396 e. The highest BCUT2D eigenvalue weighted by Crippen LogP contribution is 2.40. The summed E-state index contributed by atoms with van der Waals surface area (Å²) in [6, 6.07) is 3.09. The molecule has 1 amide bonds. The monoisotopic (exact) mass is 486 g/mol. The summed E-state index contributed by atoms with van der Waals surface area (Å²) in [5.74, 6) is -2.59. The van der Waals surface area contributed by atoms with E-state index >= 15 is 0 Å².